The number of alkyl carbamates (subject to hydrolysis) is 1. The van der Waals surface area contributed by atoms with Crippen LogP contribution in [0.25, 0.3) is 0 Å². The first-order chi connectivity index (χ1) is 16.9. The van der Waals surface area contributed by atoms with Gasteiger partial charge in [0.25, 0.3) is 0 Å². The number of anilines is 1. The molecule has 2 rings (SSSR count). The smallest absolute Gasteiger partial charge is 0.408 e. The molecule has 9 nitrogen and oxygen atoms in total. The molecule has 0 aliphatic carbocycles. The Morgan fingerprint density at radius 3 is 2.23 bits per heavy atom. The second kappa shape index (κ2) is 14.7. The quantitative estimate of drug-likeness (QED) is 0.254. The third-order valence-corrected chi connectivity index (χ3v) is 4.57. The summed E-state index contributed by atoms with van der Waals surface area (Å²) in [7, 11) is 0. The Bertz CT molecular complexity index is 1040. The third kappa shape index (κ3) is 9.55. The largest absolute Gasteiger partial charge is 0.460 e. The number of nitrogens with one attached hydrogen (secondary N) is 2. The fourth-order valence-corrected chi connectivity index (χ4v) is 2.87. The molecule has 2 N–H and O–H groups in total. The first-order valence-corrected chi connectivity index (χ1v) is 10.9. The van der Waals surface area contributed by atoms with E-state index in [2.05, 4.69) is 23.8 Å². The summed E-state index contributed by atoms with van der Waals surface area (Å²) in [4.78, 5) is 48.9. The molecule has 0 aromatic heterocycles. The summed E-state index contributed by atoms with van der Waals surface area (Å²) in [6, 6.07) is 14.3. The molecule has 35 heavy (non-hydrogen) atoms. The van der Waals surface area contributed by atoms with Crippen molar-refractivity contribution in [2.24, 2.45) is 0 Å². The average Bonchev–Trinajstić information content (AvgIpc) is 2.88. The number of carbonyl (C=O) groups excluding carboxylic acids is 4. The van der Waals surface area contributed by atoms with Crippen LogP contribution >= 0.6 is 0 Å². The van der Waals surface area contributed by atoms with Crippen molar-refractivity contribution in [3.05, 3.63) is 91.0 Å². The van der Waals surface area contributed by atoms with Crippen LogP contribution in [0.3, 0.4) is 0 Å². The van der Waals surface area contributed by atoms with Gasteiger partial charge in [0.1, 0.15) is 25.9 Å². The van der Waals surface area contributed by atoms with Gasteiger partial charge in [-0.1, -0.05) is 61.7 Å². The summed E-state index contributed by atoms with van der Waals surface area (Å²) >= 11 is 0. The lowest BCUT2D eigenvalue weighted by Gasteiger charge is -2.17. The monoisotopic (exact) mass is 480 g/mol. The van der Waals surface area contributed by atoms with Crippen molar-refractivity contribution in [2.45, 2.75) is 25.5 Å². The second-order valence-electron chi connectivity index (χ2n) is 7.19. The number of rotatable bonds is 13. The van der Waals surface area contributed by atoms with E-state index >= 15 is 0 Å². The molecule has 1 atom stereocenters. The van der Waals surface area contributed by atoms with E-state index in [1.54, 1.807) is 54.6 Å². The predicted molar refractivity (Wildman–Crippen MR) is 129 cm³/mol. The van der Waals surface area contributed by atoms with Crippen molar-refractivity contribution in [2.75, 3.05) is 18.5 Å². The third-order valence-electron chi connectivity index (χ3n) is 4.57. The molecule has 0 aliphatic rings. The number of benzene rings is 2. The minimum atomic E-state index is -1.10. The molecule has 2 amide bonds. The summed E-state index contributed by atoms with van der Waals surface area (Å²) in [6.45, 7) is 6.79. The number of ether oxygens (including phenoxy) is 3. The van der Waals surface area contributed by atoms with Gasteiger partial charge in [0.15, 0.2) is 0 Å². The van der Waals surface area contributed by atoms with E-state index in [0.29, 0.717) is 16.8 Å². The fraction of sp³-hybridized carbons (Fsp3) is 0.231. The minimum Gasteiger partial charge on any atom is -0.460 e. The zero-order chi connectivity index (χ0) is 25.5. The lowest BCUT2D eigenvalue weighted by atomic mass is 10.1. The van der Waals surface area contributed by atoms with Gasteiger partial charge in [-0.15, -0.1) is 0 Å². The van der Waals surface area contributed by atoms with Gasteiger partial charge in [-0.2, -0.15) is 0 Å². The molecule has 0 radical (unpaired) electrons. The molecule has 9 heteroatoms. The highest BCUT2D eigenvalue weighted by molar-refractivity contribution is 5.92. The molecule has 0 bridgehead atoms. The summed E-state index contributed by atoms with van der Waals surface area (Å²) in [5, 5.41) is 5.13. The number of amides is 2. The summed E-state index contributed by atoms with van der Waals surface area (Å²) < 4.78 is 15.2. The lowest BCUT2D eigenvalue weighted by Crippen LogP contribution is -2.42. The van der Waals surface area contributed by atoms with E-state index in [9.17, 15) is 19.2 Å². The molecule has 184 valence electrons. The van der Waals surface area contributed by atoms with Crippen molar-refractivity contribution in [3.8, 4) is 0 Å². The zero-order valence-electron chi connectivity index (χ0n) is 19.2. The summed E-state index contributed by atoms with van der Waals surface area (Å²) in [5.41, 5.74) is 1.48. The van der Waals surface area contributed by atoms with Crippen LogP contribution in [-0.4, -0.2) is 43.2 Å². The Kier molecular flexibility index (Phi) is 11.3. The van der Waals surface area contributed by atoms with Crippen LogP contribution in [0.4, 0.5) is 10.5 Å². The van der Waals surface area contributed by atoms with E-state index in [1.807, 2.05) is 0 Å². The molecule has 0 saturated heterocycles. The fourth-order valence-electron chi connectivity index (χ4n) is 2.87. The Labute approximate surface area is 203 Å². The first kappa shape index (κ1) is 26.8. The van der Waals surface area contributed by atoms with E-state index in [0.717, 1.165) is 0 Å². The molecular weight excluding hydrogens is 452 g/mol. The van der Waals surface area contributed by atoms with Crippen LogP contribution in [0, 0.1) is 0 Å². The van der Waals surface area contributed by atoms with Crippen LogP contribution in [0.2, 0.25) is 0 Å². The minimum absolute atomic E-state index is 0.0316. The zero-order valence-corrected chi connectivity index (χ0v) is 19.2. The Hall–Kier alpha value is -4.40. The van der Waals surface area contributed by atoms with Crippen molar-refractivity contribution in [1.29, 1.82) is 0 Å². The van der Waals surface area contributed by atoms with E-state index in [4.69, 9.17) is 14.2 Å². The van der Waals surface area contributed by atoms with Gasteiger partial charge in [0.2, 0.25) is 5.91 Å². The van der Waals surface area contributed by atoms with Crippen LogP contribution in [-0.2, 0) is 30.4 Å². The maximum absolute atomic E-state index is 12.6. The first-order valence-electron chi connectivity index (χ1n) is 10.9. The maximum atomic E-state index is 12.6. The molecule has 0 spiro atoms. The Morgan fingerprint density at radius 2 is 1.51 bits per heavy atom. The highest BCUT2D eigenvalue weighted by Gasteiger charge is 2.24. The van der Waals surface area contributed by atoms with Gasteiger partial charge in [-0.25, -0.2) is 14.4 Å². The lowest BCUT2D eigenvalue weighted by molar-refractivity contribution is -0.145. The van der Waals surface area contributed by atoms with Gasteiger partial charge in [0.05, 0.1) is 5.56 Å². The number of hydrogen-bond acceptors (Lipinski definition) is 7. The van der Waals surface area contributed by atoms with Gasteiger partial charge < -0.3 is 24.8 Å². The summed E-state index contributed by atoms with van der Waals surface area (Å²) in [5.74, 6) is -1.61. The van der Waals surface area contributed by atoms with Gasteiger partial charge in [0, 0.05) is 17.7 Å². The highest BCUT2D eigenvalue weighted by atomic mass is 16.6. The number of hydrogen-bond donors (Lipinski definition) is 2. The van der Waals surface area contributed by atoms with Crippen molar-refractivity contribution >= 4 is 29.6 Å². The maximum Gasteiger partial charge on any atom is 0.408 e. The van der Waals surface area contributed by atoms with E-state index in [1.165, 1.54) is 12.2 Å². The SMILES string of the molecule is C=CCOC(=O)N[C@@H](CCC(=O)Nc1ccccc1COC(=O)c1ccccc1)C(=O)OCC=C. The predicted octanol–water partition coefficient (Wildman–Crippen LogP) is 3.77. The molecule has 0 aliphatic heterocycles. The second-order valence-corrected chi connectivity index (χ2v) is 7.19. The Morgan fingerprint density at radius 1 is 0.857 bits per heavy atom. The van der Waals surface area contributed by atoms with Crippen molar-refractivity contribution in [3.63, 3.8) is 0 Å². The molecule has 2 aromatic rings. The average molecular weight is 481 g/mol. The van der Waals surface area contributed by atoms with Crippen LogP contribution < -0.4 is 10.6 Å². The number of carbonyl (C=O) groups is 4. The highest BCUT2D eigenvalue weighted by Crippen LogP contribution is 2.18. The molecule has 0 unspecified atom stereocenters. The molecule has 2 aromatic carbocycles. The van der Waals surface area contributed by atoms with Crippen LogP contribution in [0.1, 0.15) is 28.8 Å². The van der Waals surface area contributed by atoms with Crippen molar-refractivity contribution < 1.29 is 33.4 Å². The van der Waals surface area contributed by atoms with Gasteiger partial charge in [-0.05, 0) is 24.6 Å². The van der Waals surface area contributed by atoms with Gasteiger partial charge >= 0.3 is 18.0 Å². The summed E-state index contributed by atoms with van der Waals surface area (Å²) in [6.07, 6.45) is 1.80. The Balaban J connectivity index is 1.96. The molecule has 0 fully saturated rings. The number of esters is 2. The van der Waals surface area contributed by atoms with Gasteiger partial charge in [-0.3, -0.25) is 4.79 Å². The molecule has 0 heterocycles. The van der Waals surface area contributed by atoms with Crippen LogP contribution in [0.5, 0.6) is 0 Å². The standard InChI is InChI=1S/C26H28N2O7/c1-3-16-33-25(31)22(28-26(32)34-17-4-2)14-15-23(29)27-21-13-9-8-12-20(21)18-35-24(30)19-10-6-5-7-11-19/h3-13,22H,1-2,14-18H2,(H,27,29)(H,28,32)/t22-/m0/s1. The molecular formula is C26H28N2O7. The molecule has 0 saturated carbocycles. The van der Waals surface area contributed by atoms with E-state index in [-0.39, 0.29) is 32.7 Å². The topological polar surface area (TPSA) is 120 Å². The normalized spacial score (nSPS) is 10.9. The number of para-hydroxylation sites is 1. The van der Waals surface area contributed by atoms with Crippen LogP contribution in [0.15, 0.2) is 79.9 Å². The van der Waals surface area contributed by atoms with E-state index < -0.39 is 30.0 Å². The van der Waals surface area contributed by atoms with Crippen molar-refractivity contribution in [1.82, 2.24) is 5.32 Å².